The Morgan fingerprint density at radius 3 is 2.90 bits per heavy atom. The van der Waals surface area contributed by atoms with Crippen LogP contribution < -0.4 is 0 Å². The van der Waals surface area contributed by atoms with Gasteiger partial charge in [0.2, 0.25) is 0 Å². The Balaban J connectivity index is 1.93. The molecule has 2 rings (SSSR count). The zero-order valence-corrected chi connectivity index (χ0v) is 11.9. The lowest BCUT2D eigenvalue weighted by Gasteiger charge is -2.17. The van der Waals surface area contributed by atoms with E-state index < -0.39 is 6.10 Å². The monoisotopic (exact) mass is 278 g/mol. The highest BCUT2D eigenvalue weighted by molar-refractivity contribution is 5.75. The molecule has 20 heavy (non-hydrogen) atoms. The summed E-state index contributed by atoms with van der Waals surface area (Å²) in [5.41, 5.74) is 0.878. The van der Waals surface area contributed by atoms with Gasteiger partial charge in [-0.2, -0.15) is 0 Å². The van der Waals surface area contributed by atoms with Crippen molar-refractivity contribution < 1.29 is 19.4 Å². The molecule has 0 amide bonds. The first-order valence-electron chi connectivity index (χ1n) is 7.29. The van der Waals surface area contributed by atoms with Crippen molar-refractivity contribution in [3.05, 3.63) is 29.8 Å². The van der Waals surface area contributed by atoms with E-state index >= 15 is 0 Å². The molecule has 1 aromatic carbocycles. The second-order valence-electron chi connectivity index (χ2n) is 5.22. The van der Waals surface area contributed by atoms with E-state index in [4.69, 9.17) is 9.47 Å². The van der Waals surface area contributed by atoms with Crippen LogP contribution in [0.25, 0.3) is 0 Å². The lowest BCUT2D eigenvalue weighted by molar-refractivity contribution is -0.158. The van der Waals surface area contributed by atoms with Crippen LogP contribution in [0.5, 0.6) is 5.75 Å². The summed E-state index contributed by atoms with van der Waals surface area (Å²) in [6.07, 6.45) is 3.95. The topological polar surface area (TPSA) is 55.8 Å². The molecule has 1 saturated carbocycles. The van der Waals surface area contributed by atoms with Crippen molar-refractivity contribution in [1.82, 2.24) is 0 Å². The number of phenols is 1. The fourth-order valence-corrected chi connectivity index (χ4v) is 1.93. The summed E-state index contributed by atoms with van der Waals surface area (Å²) in [6.45, 7) is 2.50. The number of aromatic hydroxyl groups is 1. The summed E-state index contributed by atoms with van der Waals surface area (Å²) in [5, 5.41) is 9.48. The predicted molar refractivity (Wildman–Crippen MR) is 75.6 cm³/mol. The molecule has 110 valence electrons. The summed E-state index contributed by atoms with van der Waals surface area (Å²) in [6, 6.07) is 6.91. The largest absolute Gasteiger partial charge is 0.508 e. The van der Waals surface area contributed by atoms with E-state index in [9.17, 15) is 9.90 Å². The third kappa shape index (κ3) is 4.85. The molecule has 1 fully saturated rings. The van der Waals surface area contributed by atoms with Crippen LogP contribution in [0, 0.1) is 0 Å². The fraction of sp³-hybridized carbons (Fsp3) is 0.562. The molecule has 0 bridgehead atoms. The number of hydrogen-bond donors (Lipinski definition) is 1. The maximum atomic E-state index is 12.1. The molecule has 0 saturated heterocycles. The normalized spacial score (nSPS) is 15.8. The molecular weight excluding hydrogens is 256 g/mol. The molecule has 1 unspecified atom stereocenters. The van der Waals surface area contributed by atoms with E-state index in [1.54, 1.807) is 18.2 Å². The smallest absolute Gasteiger partial charge is 0.335 e. The Hall–Kier alpha value is -1.55. The van der Waals surface area contributed by atoms with E-state index in [0.29, 0.717) is 13.0 Å². The van der Waals surface area contributed by atoms with E-state index in [2.05, 4.69) is 6.92 Å². The van der Waals surface area contributed by atoms with Crippen LogP contribution in [0.15, 0.2) is 24.3 Å². The van der Waals surface area contributed by atoms with Crippen LogP contribution >= 0.6 is 0 Å². The number of ether oxygens (including phenoxy) is 2. The summed E-state index contributed by atoms with van der Waals surface area (Å²) in [5.74, 6) is -0.0966. The maximum Gasteiger partial charge on any atom is 0.335 e. The van der Waals surface area contributed by atoms with Crippen LogP contribution in [-0.2, 0) is 20.7 Å². The van der Waals surface area contributed by atoms with E-state index in [1.165, 1.54) is 0 Å². The lowest BCUT2D eigenvalue weighted by Crippen LogP contribution is -2.30. The first-order valence-corrected chi connectivity index (χ1v) is 7.29. The number of phenolic OH excluding ortho intramolecular Hbond substituents is 1. The van der Waals surface area contributed by atoms with E-state index in [0.717, 1.165) is 31.2 Å². The van der Waals surface area contributed by atoms with Crippen LogP contribution in [0.3, 0.4) is 0 Å². The number of unbranched alkanes of at least 4 members (excludes halogenated alkanes) is 1. The average molecular weight is 278 g/mol. The molecule has 0 aromatic heterocycles. The lowest BCUT2D eigenvalue weighted by atomic mass is 10.1. The molecule has 0 aliphatic heterocycles. The average Bonchev–Trinajstić information content (AvgIpc) is 3.22. The minimum Gasteiger partial charge on any atom is -0.508 e. The first kappa shape index (κ1) is 14.9. The molecule has 0 spiro atoms. The highest BCUT2D eigenvalue weighted by Crippen LogP contribution is 2.27. The van der Waals surface area contributed by atoms with Crippen LogP contribution in [0.2, 0.25) is 0 Å². The van der Waals surface area contributed by atoms with Gasteiger partial charge in [0.05, 0.1) is 12.7 Å². The van der Waals surface area contributed by atoms with Crippen molar-refractivity contribution >= 4 is 5.97 Å². The molecular formula is C16H22O4. The zero-order valence-electron chi connectivity index (χ0n) is 11.9. The van der Waals surface area contributed by atoms with Crippen LogP contribution in [0.1, 0.15) is 38.2 Å². The Morgan fingerprint density at radius 2 is 2.25 bits per heavy atom. The molecule has 1 aliphatic rings. The van der Waals surface area contributed by atoms with Crippen molar-refractivity contribution in [2.45, 2.75) is 51.2 Å². The summed E-state index contributed by atoms with van der Waals surface area (Å²) in [4.78, 5) is 12.1. The summed E-state index contributed by atoms with van der Waals surface area (Å²) >= 11 is 0. The van der Waals surface area contributed by atoms with Gasteiger partial charge in [0.25, 0.3) is 0 Å². The second-order valence-corrected chi connectivity index (χ2v) is 5.22. The maximum absolute atomic E-state index is 12.1. The van der Waals surface area contributed by atoms with Crippen molar-refractivity contribution in [2.75, 3.05) is 6.61 Å². The number of rotatable bonds is 8. The number of carbonyl (C=O) groups is 1. The minimum absolute atomic E-state index is 0.191. The molecule has 4 nitrogen and oxygen atoms in total. The number of benzene rings is 1. The molecule has 0 radical (unpaired) electrons. The minimum atomic E-state index is -0.568. The van der Waals surface area contributed by atoms with Gasteiger partial charge in [0.1, 0.15) is 5.75 Å². The van der Waals surface area contributed by atoms with Crippen molar-refractivity contribution in [3.63, 3.8) is 0 Å². The fourth-order valence-electron chi connectivity index (χ4n) is 1.93. The Labute approximate surface area is 119 Å². The molecule has 1 aliphatic carbocycles. The van der Waals surface area contributed by atoms with E-state index in [-0.39, 0.29) is 17.8 Å². The third-order valence-corrected chi connectivity index (χ3v) is 3.22. The summed E-state index contributed by atoms with van der Waals surface area (Å²) in [7, 11) is 0. The van der Waals surface area contributed by atoms with Crippen molar-refractivity contribution in [3.8, 4) is 5.75 Å². The number of esters is 1. The SMILES string of the molecule is CCCCOC(=O)C(Cc1cccc(O)c1)OC1CC1. The number of hydrogen-bond acceptors (Lipinski definition) is 4. The van der Waals surface area contributed by atoms with Gasteiger partial charge in [-0.3, -0.25) is 0 Å². The molecule has 1 atom stereocenters. The van der Waals surface area contributed by atoms with Gasteiger partial charge >= 0.3 is 5.97 Å². The summed E-state index contributed by atoms with van der Waals surface area (Å²) < 4.78 is 11.0. The zero-order chi connectivity index (χ0) is 14.4. The van der Waals surface area contributed by atoms with Crippen LogP contribution in [-0.4, -0.2) is 29.9 Å². The Morgan fingerprint density at radius 1 is 1.45 bits per heavy atom. The third-order valence-electron chi connectivity index (χ3n) is 3.22. The predicted octanol–water partition coefficient (Wildman–Crippen LogP) is 2.83. The Bertz CT molecular complexity index is 440. The highest BCUT2D eigenvalue weighted by atomic mass is 16.6. The molecule has 0 heterocycles. The van der Waals surface area contributed by atoms with Crippen molar-refractivity contribution in [2.24, 2.45) is 0 Å². The Kier molecular flexibility index (Phi) is 5.41. The van der Waals surface area contributed by atoms with Gasteiger partial charge in [-0.25, -0.2) is 4.79 Å². The number of carbonyl (C=O) groups excluding carboxylic acids is 1. The molecule has 1 N–H and O–H groups in total. The van der Waals surface area contributed by atoms with Crippen molar-refractivity contribution in [1.29, 1.82) is 0 Å². The van der Waals surface area contributed by atoms with Gasteiger partial charge in [-0.1, -0.05) is 25.5 Å². The second kappa shape index (κ2) is 7.29. The molecule has 4 heteroatoms. The first-order chi connectivity index (χ1) is 9.69. The molecule has 1 aromatic rings. The van der Waals surface area contributed by atoms with Gasteiger partial charge in [-0.15, -0.1) is 0 Å². The van der Waals surface area contributed by atoms with E-state index in [1.807, 2.05) is 6.07 Å². The van der Waals surface area contributed by atoms with Crippen LogP contribution in [0.4, 0.5) is 0 Å². The van der Waals surface area contributed by atoms with Gasteiger partial charge in [-0.05, 0) is 37.0 Å². The standard InChI is InChI=1S/C16H22O4/c1-2-3-9-19-16(18)15(20-14-7-8-14)11-12-5-4-6-13(17)10-12/h4-6,10,14-15,17H,2-3,7-9,11H2,1H3. The van der Waals surface area contributed by atoms with Gasteiger partial charge in [0, 0.05) is 6.42 Å². The highest BCUT2D eigenvalue weighted by Gasteiger charge is 2.31. The van der Waals surface area contributed by atoms with Gasteiger partial charge in [0.15, 0.2) is 6.10 Å². The van der Waals surface area contributed by atoms with Gasteiger partial charge < -0.3 is 14.6 Å². The quantitative estimate of drug-likeness (QED) is 0.587.